The van der Waals surface area contributed by atoms with Gasteiger partial charge in [-0.15, -0.1) is 0 Å². The van der Waals surface area contributed by atoms with Gasteiger partial charge in [0.1, 0.15) is 0 Å². The first-order valence-corrected chi connectivity index (χ1v) is 6.91. The van der Waals surface area contributed by atoms with Gasteiger partial charge in [0, 0.05) is 0 Å². The van der Waals surface area contributed by atoms with Gasteiger partial charge < -0.3 is 10.2 Å². The van der Waals surface area contributed by atoms with E-state index in [1.165, 1.54) is 0 Å². The number of aromatic carboxylic acids is 1. The second-order valence-electron chi connectivity index (χ2n) is 6.24. The van der Waals surface area contributed by atoms with Crippen LogP contribution in [-0.4, -0.2) is 16.2 Å². The lowest BCUT2D eigenvalue weighted by molar-refractivity contribution is 0.0625. The molecule has 110 valence electrons. The highest BCUT2D eigenvalue weighted by Crippen LogP contribution is 2.35. The van der Waals surface area contributed by atoms with Crippen molar-refractivity contribution >= 4 is 5.97 Å². The minimum absolute atomic E-state index is 0.242. The number of carbonyl (C=O) groups is 1. The van der Waals surface area contributed by atoms with Gasteiger partial charge in [-0.05, 0) is 34.2 Å². The lowest BCUT2D eigenvalue weighted by Crippen LogP contribution is -2.18. The Morgan fingerprint density at radius 2 is 1.67 bits per heavy atom. The van der Waals surface area contributed by atoms with Crippen molar-refractivity contribution in [3.05, 3.63) is 59.7 Å². The van der Waals surface area contributed by atoms with Crippen LogP contribution in [-0.2, 0) is 0 Å². The van der Waals surface area contributed by atoms with Gasteiger partial charge in [0.25, 0.3) is 0 Å². The summed E-state index contributed by atoms with van der Waals surface area (Å²) in [4.78, 5) is 11.4. The van der Waals surface area contributed by atoms with Gasteiger partial charge in [-0.1, -0.05) is 57.2 Å². The summed E-state index contributed by atoms with van der Waals surface area (Å²) in [6.07, 6.45) is -0.650. The molecule has 2 aromatic carbocycles. The molecule has 0 aliphatic heterocycles. The third kappa shape index (κ3) is 3.31. The number of hydrogen-bond donors (Lipinski definition) is 2. The molecule has 0 fully saturated rings. The smallest absolute Gasteiger partial charge is 0.336 e. The van der Waals surface area contributed by atoms with E-state index in [1.54, 1.807) is 18.2 Å². The van der Waals surface area contributed by atoms with Crippen LogP contribution in [0.2, 0.25) is 0 Å². The van der Waals surface area contributed by atoms with Crippen molar-refractivity contribution in [2.24, 2.45) is 5.41 Å². The van der Waals surface area contributed by atoms with Crippen molar-refractivity contribution in [2.45, 2.75) is 26.9 Å². The summed E-state index contributed by atoms with van der Waals surface area (Å²) in [7, 11) is 0. The van der Waals surface area contributed by atoms with E-state index < -0.39 is 12.1 Å². The highest BCUT2D eigenvalue weighted by atomic mass is 16.4. The molecule has 0 saturated carbocycles. The maximum atomic E-state index is 11.4. The molecule has 1 unspecified atom stereocenters. The van der Waals surface area contributed by atoms with Crippen LogP contribution in [0, 0.1) is 5.41 Å². The molecular weight excluding hydrogens is 264 g/mol. The topological polar surface area (TPSA) is 57.5 Å². The van der Waals surface area contributed by atoms with Crippen molar-refractivity contribution in [2.75, 3.05) is 0 Å². The molecule has 0 saturated heterocycles. The molecule has 2 N–H and O–H groups in total. The standard InChI is InChI=1S/C18H20O3/c1-18(2,3)16(19)13-9-10-14(17(20)21)15(11-13)12-7-5-4-6-8-12/h4-11,16,19H,1-3H3,(H,20,21). The zero-order valence-corrected chi connectivity index (χ0v) is 12.5. The Kier molecular flexibility index (Phi) is 4.14. The first kappa shape index (κ1) is 15.3. The van der Waals surface area contributed by atoms with E-state index in [2.05, 4.69) is 0 Å². The Hall–Kier alpha value is -2.13. The molecule has 0 aliphatic carbocycles. The first-order valence-electron chi connectivity index (χ1n) is 6.91. The van der Waals surface area contributed by atoms with E-state index in [0.717, 1.165) is 11.1 Å². The number of carboxylic acid groups (broad SMARTS) is 1. The Morgan fingerprint density at radius 1 is 1.05 bits per heavy atom. The Balaban J connectivity index is 2.58. The average molecular weight is 284 g/mol. The molecule has 3 heteroatoms. The van der Waals surface area contributed by atoms with Crippen LogP contribution in [0.25, 0.3) is 11.1 Å². The van der Waals surface area contributed by atoms with Gasteiger partial charge >= 0.3 is 5.97 Å². The summed E-state index contributed by atoms with van der Waals surface area (Å²) in [6.45, 7) is 5.85. The summed E-state index contributed by atoms with van der Waals surface area (Å²) in [5, 5.41) is 19.8. The predicted molar refractivity (Wildman–Crippen MR) is 83.3 cm³/mol. The van der Waals surface area contributed by atoms with Crippen molar-refractivity contribution in [1.29, 1.82) is 0 Å². The van der Waals surface area contributed by atoms with Gasteiger partial charge in [-0.25, -0.2) is 4.79 Å². The normalized spacial score (nSPS) is 13.0. The van der Waals surface area contributed by atoms with Crippen LogP contribution in [0.5, 0.6) is 0 Å². The summed E-state index contributed by atoms with van der Waals surface area (Å²) >= 11 is 0. The molecule has 2 aromatic rings. The summed E-state index contributed by atoms with van der Waals surface area (Å²) in [5.41, 5.74) is 2.12. The van der Waals surface area contributed by atoms with Crippen molar-refractivity contribution in [3.63, 3.8) is 0 Å². The molecule has 0 spiro atoms. The van der Waals surface area contributed by atoms with Gasteiger partial charge in [0.15, 0.2) is 0 Å². The maximum absolute atomic E-state index is 11.4. The SMILES string of the molecule is CC(C)(C)C(O)c1ccc(C(=O)O)c(-c2ccccc2)c1. The van der Waals surface area contributed by atoms with Crippen molar-refractivity contribution in [3.8, 4) is 11.1 Å². The Morgan fingerprint density at radius 3 is 2.19 bits per heavy atom. The molecule has 3 nitrogen and oxygen atoms in total. The number of aliphatic hydroxyl groups is 1. The molecule has 0 aliphatic rings. The lowest BCUT2D eigenvalue weighted by atomic mass is 9.83. The highest BCUT2D eigenvalue weighted by Gasteiger charge is 2.25. The van der Waals surface area contributed by atoms with E-state index in [1.807, 2.05) is 51.1 Å². The fraction of sp³-hybridized carbons (Fsp3) is 0.278. The van der Waals surface area contributed by atoms with E-state index >= 15 is 0 Å². The number of hydrogen-bond acceptors (Lipinski definition) is 2. The quantitative estimate of drug-likeness (QED) is 0.891. The highest BCUT2D eigenvalue weighted by molar-refractivity contribution is 5.96. The monoisotopic (exact) mass is 284 g/mol. The molecule has 0 amide bonds. The van der Waals surface area contributed by atoms with Crippen LogP contribution in [0.3, 0.4) is 0 Å². The second-order valence-corrected chi connectivity index (χ2v) is 6.24. The van der Waals surface area contributed by atoms with Gasteiger partial charge in [-0.2, -0.15) is 0 Å². The molecular formula is C18H20O3. The Labute approximate surface area is 124 Å². The largest absolute Gasteiger partial charge is 0.478 e. The Bertz CT molecular complexity index is 639. The van der Waals surface area contributed by atoms with Gasteiger partial charge in [0.2, 0.25) is 0 Å². The second kappa shape index (κ2) is 5.70. The fourth-order valence-electron chi connectivity index (χ4n) is 2.27. The molecule has 0 bridgehead atoms. The van der Waals surface area contributed by atoms with Crippen LogP contribution < -0.4 is 0 Å². The fourth-order valence-corrected chi connectivity index (χ4v) is 2.27. The van der Waals surface area contributed by atoms with Gasteiger partial charge in [-0.3, -0.25) is 0 Å². The number of rotatable bonds is 3. The molecule has 21 heavy (non-hydrogen) atoms. The molecule has 0 aromatic heterocycles. The third-order valence-electron chi connectivity index (χ3n) is 3.49. The first-order chi connectivity index (χ1) is 9.80. The molecule has 0 heterocycles. The van der Waals surface area contributed by atoms with E-state index in [9.17, 15) is 15.0 Å². The minimum atomic E-state index is -0.967. The van der Waals surface area contributed by atoms with E-state index in [4.69, 9.17) is 0 Å². The zero-order valence-electron chi connectivity index (χ0n) is 12.5. The zero-order chi connectivity index (χ0) is 15.6. The van der Waals surface area contributed by atoms with Gasteiger partial charge in [0.05, 0.1) is 11.7 Å². The third-order valence-corrected chi connectivity index (χ3v) is 3.49. The molecule has 0 radical (unpaired) electrons. The van der Waals surface area contributed by atoms with Crippen LogP contribution >= 0.6 is 0 Å². The van der Waals surface area contributed by atoms with Crippen LogP contribution in [0.4, 0.5) is 0 Å². The summed E-state index contributed by atoms with van der Waals surface area (Å²) in [5.74, 6) is -0.967. The number of benzene rings is 2. The van der Waals surface area contributed by atoms with Crippen LogP contribution in [0.1, 0.15) is 42.8 Å². The van der Waals surface area contributed by atoms with Crippen LogP contribution in [0.15, 0.2) is 48.5 Å². The van der Waals surface area contributed by atoms with E-state index in [-0.39, 0.29) is 11.0 Å². The van der Waals surface area contributed by atoms with E-state index in [0.29, 0.717) is 5.56 Å². The summed E-state index contributed by atoms with van der Waals surface area (Å²) < 4.78 is 0. The van der Waals surface area contributed by atoms with Crippen molar-refractivity contribution < 1.29 is 15.0 Å². The average Bonchev–Trinajstić information content (AvgIpc) is 2.45. The number of carboxylic acids is 1. The predicted octanol–water partition coefficient (Wildman–Crippen LogP) is 4.13. The molecule has 2 rings (SSSR count). The molecule has 1 atom stereocenters. The van der Waals surface area contributed by atoms with Crippen molar-refractivity contribution in [1.82, 2.24) is 0 Å². The maximum Gasteiger partial charge on any atom is 0.336 e. The minimum Gasteiger partial charge on any atom is -0.478 e. The number of aliphatic hydroxyl groups excluding tert-OH is 1. The summed E-state index contributed by atoms with van der Waals surface area (Å²) in [6, 6.07) is 14.4. The lowest BCUT2D eigenvalue weighted by Gasteiger charge is -2.26.